The van der Waals surface area contributed by atoms with Crippen molar-refractivity contribution >= 4 is 17.5 Å². The van der Waals surface area contributed by atoms with Gasteiger partial charge in [-0.1, -0.05) is 31.5 Å². The molecule has 112 valence electrons. The first-order valence-electron chi connectivity index (χ1n) is 6.81. The van der Waals surface area contributed by atoms with Crippen LogP contribution in [0.15, 0.2) is 30.5 Å². The van der Waals surface area contributed by atoms with Crippen LogP contribution in [0, 0.1) is 0 Å². The molecule has 2 aromatic rings. The Kier molecular flexibility index (Phi) is 4.98. The van der Waals surface area contributed by atoms with E-state index in [2.05, 4.69) is 29.6 Å². The molecule has 0 aliphatic rings. The van der Waals surface area contributed by atoms with Gasteiger partial charge in [0.1, 0.15) is 0 Å². The third-order valence-corrected chi connectivity index (χ3v) is 3.40. The summed E-state index contributed by atoms with van der Waals surface area (Å²) in [6, 6.07) is 7.82. The van der Waals surface area contributed by atoms with Crippen molar-refractivity contribution in [1.82, 2.24) is 20.4 Å². The molecule has 2 rings (SSSR count). The lowest BCUT2D eigenvalue weighted by Crippen LogP contribution is -2.22. The van der Waals surface area contributed by atoms with Crippen molar-refractivity contribution in [3.05, 3.63) is 46.7 Å². The van der Waals surface area contributed by atoms with Gasteiger partial charge in [0.2, 0.25) is 0 Å². The van der Waals surface area contributed by atoms with Gasteiger partial charge < -0.3 is 10.6 Å². The molecule has 0 saturated carbocycles. The van der Waals surface area contributed by atoms with E-state index in [1.54, 1.807) is 24.0 Å². The molecule has 0 bridgehead atoms. The molecule has 0 aliphatic heterocycles. The summed E-state index contributed by atoms with van der Waals surface area (Å²) in [7, 11) is 1.58. The first kappa shape index (κ1) is 15.5. The van der Waals surface area contributed by atoms with E-state index < -0.39 is 0 Å². The summed E-state index contributed by atoms with van der Waals surface area (Å²) in [5.41, 5.74) is 2.23. The topological polar surface area (TPSA) is 59.0 Å². The number of amides is 1. The van der Waals surface area contributed by atoms with Crippen molar-refractivity contribution in [3.8, 4) is 5.69 Å². The fourth-order valence-corrected chi connectivity index (χ4v) is 2.09. The van der Waals surface area contributed by atoms with Gasteiger partial charge in [0.05, 0.1) is 5.69 Å². The Morgan fingerprint density at radius 2 is 2.14 bits per heavy atom. The van der Waals surface area contributed by atoms with Crippen molar-refractivity contribution in [3.63, 3.8) is 0 Å². The average molecular weight is 307 g/mol. The summed E-state index contributed by atoms with van der Waals surface area (Å²) in [5.74, 6) is -0.211. The molecule has 1 aromatic carbocycles. The first-order valence-corrected chi connectivity index (χ1v) is 7.19. The van der Waals surface area contributed by atoms with Crippen LogP contribution in [0.3, 0.4) is 0 Å². The van der Waals surface area contributed by atoms with Gasteiger partial charge in [0.15, 0.2) is 5.69 Å². The minimum Gasteiger partial charge on any atom is -0.354 e. The van der Waals surface area contributed by atoms with E-state index in [0.717, 1.165) is 17.8 Å². The first-order chi connectivity index (χ1) is 10.0. The highest BCUT2D eigenvalue weighted by Crippen LogP contribution is 2.20. The van der Waals surface area contributed by atoms with Crippen LogP contribution in [0.5, 0.6) is 0 Å². The van der Waals surface area contributed by atoms with Crippen molar-refractivity contribution in [2.45, 2.75) is 26.4 Å². The monoisotopic (exact) mass is 306 g/mol. The van der Waals surface area contributed by atoms with Crippen molar-refractivity contribution in [2.75, 3.05) is 7.05 Å². The number of hydrogen-bond acceptors (Lipinski definition) is 3. The summed E-state index contributed by atoms with van der Waals surface area (Å²) in [6.45, 7) is 4.90. The smallest absolute Gasteiger partial charge is 0.271 e. The van der Waals surface area contributed by atoms with E-state index in [1.807, 2.05) is 18.2 Å². The molecule has 6 heteroatoms. The fourth-order valence-electron chi connectivity index (χ4n) is 1.85. The van der Waals surface area contributed by atoms with E-state index in [4.69, 9.17) is 11.6 Å². The summed E-state index contributed by atoms with van der Waals surface area (Å²) >= 11 is 6.30. The molecule has 0 radical (unpaired) electrons. The second-order valence-electron chi connectivity index (χ2n) is 5.04. The largest absolute Gasteiger partial charge is 0.354 e. The molecular weight excluding hydrogens is 288 g/mol. The molecule has 0 aliphatic carbocycles. The summed E-state index contributed by atoms with van der Waals surface area (Å²) < 4.78 is 1.64. The standard InChI is InChI=1S/C15H19ClN4O/c1-10(2)18-9-11-4-5-12(8-13(11)16)20-7-6-14(19-20)15(21)17-3/h4-8,10,18H,9H2,1-3H3,(H,17,21). The SMILES string of the molecule is CNC(=O)c1ccn(-c2ccc(CNC(C)C)c(Cl)c2)n1. The van der Waals surface area contributed by atoms with Gasteiger partial charge in [-0.2, -0.15) is 5.10 Å². The zero-order chi connectivity index (χ0) is 15.4. The maximum absolute atomic E-state index is 11.5. The van der Waals surface area contributed by atoms with E-state index >= 15 is 0 Å². The predicted octanol–water partition coefficient (Wildman–Crippen LogP) is 2.38. The fraction of sp³-hybridized carbons (Fsp3) is 0.333. The molecule has 1 heterocycles. The number of nitrogens with one attached hydrogen (secondary N) is 2. The van der Waals surface area contributed by atoms with Crippen LogP contribution in [0.1, 0.15) is 29.9 Å². The molecule has 1 amide bonds. The maximum atomic E-state index is 11.5. The molecule has 0 spiro atoms. The van der Waals surface area contributed by atoms with E-state index in [-0.39, 0.29) is 5.91 Å². The van der Waals surface area contributed by atoms with Crippen molar-refractivity contribution in [1.29, 1.82) is 0 Å². The van der Waals surface area contributed by atoms with E-state index in [9.17, 15) is 4.79 Å². The van der Waals surface area contributed by atoms with Crippen molar-refractivity contribution in [2.24, 2.45) is 0 Å². The number of aromatic nitrogens is 2. The Morgan fingerprint density at radius 1 is 1.38 bits per heavy atom. The van der Waals surface area contributed by atoms with Crippen LogP contribution < -0.4 is 10.6 Å². The maximum Gasteiger partial charge on any atom is 0.271 e. The van der Waals surface area contributed by atoms with Crippen LogP contribution in [-0.2, 0) is 6.54 Å². The summed E-state index contributed by atoms with van der Waals surface area (Å²) in [4.78, 5) is 11.5. The Labute approximate surface area is 129 Å². The second-order valence-corrected chi connectivity index (χ2v) is 5.44. The molecule has 0 fully saturated rings. The highest BCUT2D eigenvalue weighted by atomic mass is 35.5. The zero-order valence-electron chi connectivity index (χ0n) is 12.4. The lowest BCUT2D eigenvalue weighted by atomic mass is 10.2. The number of benzene rings is 1. The van der Waals surface area contributed by atoms with E-state index in [1.165, 1.54) is 0 Å². The second kappa shape index (κ2) is 6.74. The van der Waals surface area contributed by atoms with Gasteiger partial charge in [0.25, 0.3) is 5.91 Å². The van der Waals surface area contributed by atoms with Crippen molar-refractivity contribution < 1.29 is 4.79 Å². The lowest BCUT2D eigenvalue weighted by Gasteiger charge is -2.11. The van der Waals surface area contributed by atoms with Crippen LogP contribution in [0.25, 0.3) is 5.69 Å². The van der Waals surface area contributed by atoms with Gasteiger partial charge in [-0.3, -0.25) is 4.79 Å². The summed E-state index contributed by atoms with van der Waals surface area (Å²) in [6.07, 6.45) is 1.74. The van der Waals surface area contributed by atoms with Gasteiger partial charge in [-0.25, -0.2) is 4.68 Å². The zero-order valence-corrected chi connectivity index (χ0v) is 13.1. The molecule has 21 heavy (non-hydrogen) atoms. The number of nitrogens with zero attached hydrogens (tertiary/aromatic N) is 2. The average Bonchev–Trinajstić information content (AvgIpc) is 2.94. The molecule has 1 aromatic heterocycles. The third kappa shape index (κ3) is 3.83. The molecular formula is C15H19ClN4O. The molecule has 5 nitrogen and oxygen atoms in total. The molecule has 0 atom stereocenters. The van der Waals surface area contributed by atoms with Crippen LogP contribution >= 0.6 is 11.6 Å². The lowest BCUT2D eigenvalue weighted by molar-refractivity contribution is 0.0957. The minimum absolute atomic E-state index is 0.211. The van der Waals surface area contributed by atoms with Gasteiger partial charge in [-0.05, 0) is 23.8 Å². The quantitative estimate of drug-likeness (QED) is 0.891. The third-order valence-electron chi connectivity index (χ3n) is 3.05. The number of hydrogen-bond donors (Lipinski definition) is 2. The number of carbonyl (C=O) groups is 1. The number of carbonyl (C=O) groups excluding carboxylic acids is 1. The van der Waals surface area contributed by atoms with Crippen LogP contribution in [0.2, 0.25) is 5.02 Å². The Bertz CT molecular complexity index is 636. The summed E-state index contributed by atoms with van der Waals surface area (Å²) in [5, 5.41) is 10.8. The molecule has 0 unspecified atom stereocenters. The number of halogens is 1. The highest BCUT2D eigenvalue weighted by Gasteiger charge is 2.09. The Morgan fingerprint density at radius 3 is 2.76 bits per heavy atom. The normalized spacial score (nSPS) is 10.9. The Balaban J connectivity index is 2.19. The van der Waals surface area contributed by atoms with Gasteiger partial charge in [-0.15, -0.1) is 0 Å². The van der Waals surface area contributed by atoms with Gasteiger partial charge >= 0.3 is 0 Å². The van der Waals surface area contributed by atoms with E-state index in [0.29, 0.717) is 16.8 Å². The molecule has 2 N–H and O–H groups in total. The number of rotatable bonds is 5. The molecule has 0 saturated heterocycles. The minimum atomic E-state index is -0.211. The predicted molar refractivity (Wildman–Crippen MR) is 83.9 cm³/mol. The van der Waals surface area contributed by atoms with Crippen LogP contribution in [-0.4, -0.2) is 28.8 Å². The Hall–Kier alpha value is -1.85. The highest BCUT2D eigenvalue weighted by molar-refractivity contribution is 6.31. The van der Waals surface area contributed by atoms with Gasteiger partial charge in [0, 0.05) is 30.9 Å². The van der Waals surface area contributed by atoms with Crippen LogP contribution in [0.4, 0.5) is 0 Å².